The number of aromatic nitrogens is 5. The van der Waals surface area contributed by atoms with Gasteiger partial charge in [0.1, 0.15) is 12.1 Å². The van der Waals surface area contributed by atoms with Gasteiger partial charge in [-0.1, -0.05) is 18.2 Å². The molecular formula is C18H14F2N6O2S. The summed E-state index contributed by atoms with van der Waals surface area (Å²) in [5, 5.41) is 15.3. The lowest BCUT2D eigenvalue weighted by Crippen LogP contribution is -2.31. The Morgan fingerprint density at radius 3 is 2.86 bits per heavy atom. The second-order valence-electron chi connectivity index (χ2n) is 6.13. The van der Waals surface area contributed by atoms with Crippen LogP contribution in [0.25, 0.3) is 16.7 Å². The summed E-state index contributed by atoms with van der Waals surface area (Å²) in [5.74, 6) is -4.39. The molecule has 0 unspecified atom stereocenters. The molecule has 1 N–H and O–H groups in total. The number of nitrogens with zero attached hydrogens (tertiary/aromatic N) is 5. The van der Waals surface area contributed by atoms with Crippen molar-refractivity contribution >= 4 is 33.4 Å². The number of alkyl halides is 2. The van der Waals surface area contributed by atoms with Crippen LogP contribution in [0, 0.1) is 0 Å². The van der Waals surface area contributed by atoms with E-state index in [0.717, 1.165) is 22.5 Å². The van der Waals surface area contributed by atoms with Crippen LogP contribution in [-0.2, 0) is 11.4 Å². The van der Waals surface area contributed by atoms with Crippen molar-refractivity contribution in [2.24, 2.45) is 0 Å². The predicted octanol–water partition coefficient (Wildman–Crippen LogP) is 3.44. The maximum absolute atomic E-state index is 13.0. The number of hydrogen-bond donors (Lipinski definition) is 1. The quantitative estimate of drug-likeness (QED) is 0.517. The lowest BCUT2D eigenvalue weighted by Gasteiger charge is -2.11. The number of fused-ring (bicyclic) bond motifs is 1. The van der Waals surface area contributed by atoms with Gasteiger partial charge in [0.2, 0.25) is 5.88 Å². The highest BCUT2D eigenvalue weighted by Crippen LogP contribution is 2.28. The number of thiazole rings is 1. The number of benzene rings is 1. The molecule has 3 heterocycles. The van der Waals surface area contributed by atoms with Gasteiger partial charge in [-0.05, 0) is 17.3 Å². The molecule has 11 heteroatoms. The lowest BCUT2D eigenvalue weighted by molar-refractivity contribution is -0.137. The molecule has 1 amide bonds. The molecule has 4 aromatic rings. The van der Waals surface area contributed by atoms with E-state index in [1.165, 1.54) is 0 Å². The van der Waals surface area contributed by atoms with E-state index in [4.69, 9.17) is 4.74 Å². The van der Waals surface area contributed by atoms with Crippen LogP contribution in [-0.4, -0.2) is 36.8 Å². The molecule has 0 aliphatic rings. The third-order valence-corrected chi connectivity index (χ3v) is 4.73. The van der Waals surface area contributed by atoms with E-state index < -0.39 is 11.8 Å². The first-order chi connectivity index (χ1) is 13.9. The van der Waals surface area contributed by atoms with Crippen LogP contribution in [0.4, 0.5) is 13.9 Å². The summed E-state index contributed by atoms with van der Waals surface area (Å²) in [6.45, 7) is 0.596. The monoisotopic (exact) mass is 416 g/mol. The molecule has 0 aliphatic carbocycles. The Labute approximate surface area is 167 Å². The predicted molar refractivity (Wildman–Crippen MR) is 102 cm³/mol. The molecule has 0 saturated heterocycles. The zero-order chi connectivity index (χ0) is 20.4. The van der Waals surface area contributed by atoms with Gasteiger partial charge in [-0.15, -0.1) is 21.5 Å². The standard InChI is InChI=1S/C18H14F2N6O2S/c1-18(19,20)16(27)23-17-22-11(10-29-17)9-28-15-7-13-14(8-21-25-24-13)26(15)12-5-3-2-4-6-12/h2-8,10H,9H2,1H3,(H,22,23,27). The van der Waals surface area contributed by atoms with Crippen molar-refractivity contribution < 1.29 is 18.3 Å². The molecule has 148 valence electrons. The van der Waals surface area contributed by atoms with Gasteiger partial charge in [0, 0.05) is 24.1 Å². The first kappa shape index (κ1) is 18.9. The van der Waals surface area contributed by atoms with E-state index >= 15 is 0 Å². The number of amides is 1. The molecule has 4 rings (SSSR count). The Hall–Kier alpha value is -3.47. The van der Waals surface area contributed by atoms with Crippen molar-refractivity contribution in [2.45, 2.75) is 19.5 Å². The number of ether oxygens (including phenoxy) is 1. The summed E-state index contributed by atoms with van der Waals surface area (Å²) in [5.41, 5.74) is 2.66. The van der Waals surface area contributed by atoms with Crippen molar-refractivity contribution in [1.29, 1.82) is 0 Å². The molecule has 0 aliphatic heterocycles. The van der Waals surface area contributed by atoms with Crippen LogP contribution in [0.2, 0.25) is 0 Å². The maximum Gasteiger partial charge on any atom is 0.322 e. The van der Waals surface area contributed by atoms with Crippen molar-refractivity contribution in [1.82, 2.24) is 25.0 Å². The average Bonchev–Trinajstić information content (AvgIpc) is 3.30. The summed E-state index contributed by atoms with van der Waals surface area (Å²) < 4.78 is 33.7. The highest BCUT2D eigenvalue weighted by atomic mass is 32.1. The van der Waals surface area contributed by atoms with Gasteiger partial charge in [-0.25, -0.2) is 4.98 Å². The van der Waals surface area contributed by atoms with Crippen molar-refractivity contribution in [3.05, 3.63) is 53.7 Å². The summed E-state index contributed by atoms with van der Waals surface area (Å²) in [6, 6.07) is 11.2. The fourth-order valence-electron chi connectivity index (χ4n) is 2.58. The first-order valence-electron chi connectivity index (χ1n) is 8.43. The molecular weight excluding hydrogens is 402 g/mol. The van der Waals surface area contributed by atoms with E-state index in [0.29, 0.717) is 24.0 Å². The van der Waals surface area contributed by atoms with Crippen LogP contribution < -0.4 is 10.1 Å². The van der Waals surface area contributed by atoms with Crippen molar-refractivity contribution in [2.75, 3.05) is 5.32 Å². The second kappa shape index (κ2) is 7.51. The fourth-order valence-corrected chi connectivity index (χ4v) is 3.27. The second-order valence-corrected chi connectivity index (χ2v) is 6.99. The SMILES string of the molecule is CC(F)(F)C(=O)Nc1nc(COc2cc3nnncc3n2-c2ccccc2)cs1. The minimum atomic E-state index is -3.48. The molecule has 0 bridgehead atoms. The zero-order valence-corrected chi connectivity index (χ0v) is 15.9. The normalized spacial score (nSPS) is 11.6. The number of rotatable bonds is 6. The van der Waals surface area contributed by atoms with Crippen LogP contribution in [0.5, 0.6) is 5.88 Å². The Balaban J connectivity index is 1.56. The number of para-hydroxylation sites is 1. The van der Waals surface area contributed by atoms with Crippen LogP contribution in [0.1, 0.15) is 12.6 Å². The van der Waals surface area contributed by atoms with E-state index in [2.05, 4.69) is 25.7 Å². The summed E-state index contributed by atoms with van der Waals surface area (Å²) in [6.07, 6.45) is 1.59. The van der Waals surface area contributed by atoms with Crippen LogP contribution in [0.3, 0.4) is 0 Å². The molecule has 0 spiro atoms. The van der Waals surface area contributed by atoms with E-state index in [1.807, 2.05) is 34.9 Å². The highest BCUT2D eigenvalue weighted by molar-refractivity contribution is 7.13. The van der Waals surface area contributed by atoms with E-state index in [9.17, 15) is 13.6 Å². The van der Waals surface area contributed by atoms with Crippen molar-refractivity contribution in [3.8, 4) is 11.6 Å². The average molecular weight is 416 g/mol. The minimum Gasteiger partial charge on any atom is -0.472 e. The number of hydrogen-bond acceptors (Lipinski definition) is 7. The van der Waals surface area contributed by atoms with Gasteiger partial charge in [-0.2, -0.15) is 8.78 Å². The van der Waals surface area contributed by atoms with E-state index in [1.54, 1.807) is 17.6 Å². The first-order valence-corrected chi connectivity index (χ1v) is 9.31. The summed E-state index contributed by atoms with van der Waals surface area (Å²) >= 11 is 1.04. The number of anilines is 1. The molecule has 0 radical (unpaired) electrons. The number of carbonyl (C=O) groups is 1. The van der Waals surface area contributed by atoms with Gasteiger partial charge in [0.25, 0.3) is 5.91 Å². The highest BCUT2D eigenvalue weighted by Gasteiger charge is 2.32. The largest absolute Gasteiger partial charge is 0.472 e. The Morgan fingerprint density at radius 2 is 2.10 bits per heavy atom. The molecule has 0 saturated carbocycles. The minimum absolute atomic E-state index is 0.0684. The molecule has 8 nitrogen and oxygen atoms in total. The molecule has 3 aromatic heterocycles. The fraction of sp³-hybridized carbons (Fsp3) is 0.167. The maximum atomic E-state index is 13.0. The Morgan fingerprint density at radius 1 is 1.31 bits per heavy atom. The van der Waals surface area contributed by atoms with Gasteiger partial charge < -0.3 is 4.74 Å². The molecule has 1 aromatic carbocycles. The summed E-state index contributed by atoms with van der Waals surface area (Å²) in [7, 11) is 0. The summed E-state index contributed by atoms with van der Waals surface area (Å²) in [4.78, 5) is 15.5. The lowest BCUT2D eigenvalue weighted by atomic mass is 10.3. The van der Waals surface area contributed by atoms with E-state index in [-0.39, 0.29) is 11.7 Å². The van der Waals surface area contributed by atoms with Crippen LogP contribution >= 0.6 is 11.3 Å². The third kappa shape index (κ3) is 4.04. The van der Waals surface area contributed by atoms with Gasteiger partial charge in [0.05, 0.1) is 17.4 Å². The third-order valence-electron chi connectivity index (χ3n) is 3.92. The molecule has 0 atom stereocenters. The number of nitrogens with one attached hydrogen (secondary N) is 1. The van der Waals surface area contributed by atoms with Crippen molar-refractivity contribution in [3.63, 3.8) is 0 Å². The van der Waals surface area contributed by atoms with Gasteiger partial charge in [-0.3, -0.25) is 14.7 Å². The van der Waals surface area contributed by atoms with Gasteiger partial charge >= 0.3 is 5.92 Å². The zero-order valence-electron chi connectivity index (χ0n) is 15.0. The number of carbonyl (C=O) groups excluding carboxylic acids is 1. The Bertz CT molecular complexity index is 1160. The van der Waals surface area contributed by atoms with Gasteiger partial charge in [0.15, 0.2) is 5.13 Å². The molecule has 0 fully saturated rings. The Kier molecular flexibility index (Phi) is 4.89. The topological polar surface area (TPSA) is 94.8 Å². The van der Waals surface area contributed by atoms with Crippen LogP contribution in [0.15, 0.2) is 48.0 Å². The smallest absolute Gasteiger partial charge is 0.322 e. The number of halogens is 2. The molecule has 29 heavy (non-hydrogen) atoms.